The van der Waals surface area contributed by atoms with Crippen molar-refractivity contribution in [1.82, 2.24) is 9.97 Å². The predicted molar refractivity (Wildman–Crippen MR) is 127 cm³/mol. The predicted octanol–water partition coefficient (Wildman–Crippen LogP) is 4.75. The van der Waals surface area contributed by atoms with E-state index in [1.807, 2.05) is 32.0 Å². The molecule has 6 nitrogen and oxygen atoms in total. The zero-order valence-electron chi connectivity index (χ0n) is 18.5. The molecule has 30 heavy (non-hydrogen) atoms. The lowest BCUT2D eigenvalue weighted by molar-refractivity contribution is 0.707. The van der Waals surface area contributed by atoms with Crippen LogP contribution in [0.4, 0.5) is 11.6 Å². The number of guanidine groups is 1. The van der Waals surface area contributed by atoms with Crippen molar-refractivity contribution in [2.45, 2.75) is 47.1 Å². The summed E-state index contributed by atoms with van der Waals surface area (Å²) in [5.74, 6) is 0.266. The molecule has 4 rings (SSSR count). The monoisotopic (exact) mass is 402 g/mol. The molecule has 2 heterocycles. The van der Waals surface area contributed by atoms with Gasteiger partial charge >= 0.3 is 0 Å². The van der Waals surface area contributed by atoms with Gasteiger partial charge in [0.1, 0.15) is 0 Å². The Kier molecular flexibility index (Phi) is 5.78. The Hall–Kier alpha value is -3.41. The smallest absolute Gasteiger partial charge is 0.253 e. The third-order valence-electron chi connectivity index (χ3n) is 4.89. The minimum absolute atomic E-state index is 0.0357. The SMILES string of the molecule is CC1=CC(C)(C)Nc2cc(C)ccc21.Cc1ccc2c(C)nc(N=C(N)N)nc2c1. The van der Waals surface area contributed by atoms with Crippen molar-refractivity contribution < 1.29 is 0 Å². The molecule has 0 fully saturated rings. The second kappa shape index (κ2) is 8.14. The molecule has 0 unspecified atom stereocenters. The van der Waals surface area contributed by atoms with Crippen LogP contribution in [-0.4, -0.2) is 21.5 Å². The van der Waals surface area contributed by atoms with Gasteiger partial charge in [-0.15, -0.1) is 0 Å². The molecule has 1 aromatic heterocycles. The Labute approximate surface area is 178 Å². The second-order valence-corrected chi connectivity index (χ2v) is 8.39. The molecule has 0 atom stereocenters. The lowest BCUT2D eigenvalue weighted by atomic mass is 9.91. The molecule has 1 aliphatic heterocycles. The van der Waals surface area contributed by atoms with Gasteiger partial charge < -0.3 is 16.8 Å². The van der Waals surface area contributed by atoms with E-state index in [2.05, 4.69) is 72.2 Å². The van der Waals surface area contributed by atoms with Crippen molar-refractivity contribution in [3.8, 4) is 0 Å². The summed E-state index contributed by atoms with van der Waals surface area (Å²) >= 11 is 0. The molecule has 2 aromatic carbocycles. The molecule has 156 valence electrons. The van der Waals surface area contributed by atoms with Gasteiger partial charge in [0, 0.05) is 16.6 Å². The van der Waals surface area contributed by atoms with Crippen LogP contribution in [0, 0.1) is 20.8 Å². The highest BCUT2D eigenvalue weighted by Gasteiger charge is 2.21. The van der Waals surface area contributed by atoms with E-state index in [0.717, 1.165) is 22.2 Å². The van der Waals surface area contributed by atoms with E-state index in [9.17, 15) is 0 Å². The van der Waals surface area contributed by atoms with Gasteiger partial charge in [-0.2, -0.15) is 4.99 Å². The van der Waals surface area contributed by atoms with Crippen molar-refractivity contribution in [2.24, 2.45) is 16.5 Å². The van der Waals surface area contributed by atoms with Crippen LogP contribution in [0.1, 0.15) is 43.2 Å². The third-order valence-corrected chi connectivity index (χ3v) is 4.89. The number of anilines is 1. The molecule has 0 aliphatic carbocycles. The number of rotatable bonds is 1. The number of aromatic nitrogens is 2. The van der Waals surface area contributed by atoms with Crippen molar-refractivity contribution >= 4 is 34.1 Å². The van der Waals surface area contributed by atoms with Crippen LogP contribution in [0.25, 0.3) is 16.5 Å². The highest BCUT2D eigenvalue weighted by Crippen LogP contribution is 2.33. The molecule has 3 aromatic rings. The zero-order chi connectivity index (χ0) is 22.1. The average Bonchev–Trinajstić information content (AvgIpc) is 2.59. The van der Waals surface area contributed by atoms with Crippen LogP contribution in [-0.2, 0) is 0 Å². The number of aliphatic imine (C=N–C) groups is 1. The first-order valence-electron chi connectivity index (χ1n) is 9.97. The lowest BCUT2D eigenvalue weighted by Gasteiger charge is -2.31. The molecule has 0 saturated heterocycles. The van der Waals surface area contributed by atoms with E-state index in [0.29, 0.717) is 5.95 Å². The maximum Gasteiger partial charge on any atom is 0.253 e. The van der Waals surface area contributed by atoms with Gasteiger partial charge in [-0.25, -0.2) is 9.97 Å². The quantitative estimate of drug-likeness (QED) is 0.402. The molecule has 1 aliphatic rings. The summed E-state index contributed by atoms with van der Waals surface area (Å²) < 4.78 is 0. The maximum absolute atomic E-state index is 5.30. The van der Waals surface area contributed by atoms with Crippen LogP contribution in [0.5, 0.6) is 0 Å². The summed E-state index contributed by atoms with van der Waals surface area (Å²) in [7, 11) is 0. The normalized spacial score (nSPS) is 14.0. The minimum Gasteiger partial charge on any atom is -0.376 e. The first-order chi connectivity index (χ1) is 14.0. The summed E-state index contributed by atoms with van der Waals surface area (Å²) in [5, 5.41) is 4.55. The number of hydrogen-bond acceptors (Lipinski definition) is 4. The van der Waals surface area contributed by atoms with Crippen molar-refractivity contribution in [1.29, 1.82) is 0 Å². The number of nitrogens with one attached hydrogen (secondary N) is 1. The Morgan fingerprint density at radius 3 is 2.30 bits per heavy atom. The number of fused-ring (bicyclic) bond motifs is 2. The third kappa shape index (κ3) is 4.95. The summed E-state index contributed by atoms with van der Waals surface area (Å²) in [6, 6.07) is 12.6. The van der Waals surface area contributed by atoms with E-state index < -0.39 is 0 Å². The number of hydrogen-bond donors (Lipinski definition) is 3. The fraction of sp³-hybridized carbons (Fsp3) is 0.292. The van der Waals surface area contributed by atoms with Gasteiger partial charge in [0.05, 0.1) is 16.7 Å². The average molecular weight is 403 g/mol. The molecule has 0 radical (unpaired) electrons. The maximum atomic E-state index is 5.30. The fourth-order valence-corrected chi connectivity index (χ4v) is 3.66. The summed E-state index contributed by atoms with van der Waals surface area (Å²) in [5.41, 5.74) is 18.8. The second-order valence-electron chi connectivity index (χ2n) is 8.39. The summed E-state index contributed by atoms with van der Waals surface area (Å²) in [4.78, 5) is 12.3. The number of allylic oxidation sites excluding steroid dienone is 1. The fourth-order valence-electron chi connectivity index (χ4n) is 3.66. The standard InChI is InChI=1S/C13H17N.C11H13N5/c1-9-5-6-11-10(2)8-13(3,4)14-12(11)7-9;1-6-3-4-8-7(2)14-11(16-10(12)13)15-9(8)5-6/h5-8,14H,1-4H3;3-5H,1-2H3,(H4,12,13,14,15,16). The first kappa shape index (κ1) is 21.3. The van der Waals surface area contributed by atoms with E-state index in [1.54, 1.807) is 0 Å². The van der Waals surface area contributed by atoms with Gasteiger partial charge in [0.15, 0.2) is 5.96 Å². The van der Waals surface area contributed by atoms with E-state index in [4.69, 9.17) is 11.5 Å². The minimum atomic E-state index is -0.0357. The zero-order valence-corrected chi connectivity index (χ0v) is 18.5. The van der Waals surface area contributed by atoms with Gasteiger partial charge in [-0.1, -0.05) is 30.3 Å². The van der Waals surface area contributed by atoms with Crippen LogP contribution in [0.15, 0.2) is 47.5 Å². The van der Waals surface area contributed by atoms with Crippen molar-refractivity contribution in [3.05, 3.63) is 64.9 Å². The lowest BCUT2D eigenvalue weighted by Crippen LogP contribution is -2.31. The van der Waals surface area contributed by atoms with E-state index in [1.165, 1.54) is 22.4 Å². The van der Waals surface area contributed by atoms with Crippen LogP contribution in [0.3, 0.4) is 0 Å². The molecular formula is C24H30N6. The molecular weight excluding hydrogens is 372 g/mol. The number of nitrogens with zero attached hydrogens (tertiary/aromatic N) is 3. The van der Waals surface area contributed by atoms with Crippen LogP contribution < -0.4 is 16.8 Å². The summed E-state index contributed by atoms with van der Waals surface area (Å²) in [6.07, 6.45) is 2.28. The Bertz CT molecular complexity index is 1150. The highest BCUT2D eigenvalue weighted by molar-refractivity contribution is 5.83. The summed E-state index contributed by atoms with van der Waals surface area (Å²) in [6.45, 7) is 12.6. The molecule has 0 spiro atoms. The number of aryl methyl sites for hydroxylation is 3. The van der Waals surface area contributed by atoms with Crippen molar-refractivity contribution in [3.63, 3.8) is 0 Å². The Balaban J connectivity index is 0.000000172. The molecule has 0 amide bonds. The Morgan fingerprint density at radius 2 is 1.60 bits per heavy atom. The van der Waals surface area contributed by atoms with Crippen molar-refractivity contribution in [2.75, 3.05) is 5.32 Å². The van der Waals surface area contributed by atoms with Gasteiger partial charge in [-0.05, 0) is 70.4 Å². The first-order valence-corrected chi connectivity index (χ1v) is 9.97. The Morgan fingerprint density at radius 1 is 0.933 bits per heavy atom. The van der Waals surface area contributed by atoms with E-state index in [-0.39, 0.29) is 11.5 Å². The topological polar surface area (TPSA) is 102 Å². The molecule has 5 N–H and O–H groups in total. The molecule has 0 saturated carbocycles. The van der Waals surface area contributed by atoms with E-state index >= 15 is 0 Å². The van der Waals surface area contributed by atoms with Gasteiger partial charge in [0.2, 0.25) is 0 Å². The van der Waals surface area contributed by atoms with Gasteiger partial charge in [-0.3, -0.25) is 0 Å². The molecule has 0 bridgehead atoms. The largest absolute Gasteiger partial charge is 0.376 e. The van der Waals surface area contributed by atoms with Crippen LogP contribution >= 0.6 is 0 Å². The number of benzene rings is 2. The van der Waals surface area contributed by atoms with Gasteiger partial charge in [0.25, 0.3) is 5.95 Å². The number of nitrogens with two attached hydrogens (primary N) is 2. The molecule has 6 heteroatoms. The van der Waals surface area contributed by atoms with Crippen LogP contribution in [0.2, 0.25) is 0 Å². The highest BCUT2D eigenvalue weighted by atomic mass is 15.1.